The van der Waals surface area contributed by atoms with Gasteiger partial charge in [0.2, 0.25) is 0 Å². The van der Waals surface area contributed by atoms with Crippen LogP contribution in [-0.4, -0.2) is 20.1 Å². The Morgan fingerprint density at radius 2 is 2.00 bits per heavy atom. The summed E-state index contributed by atoms with van der Waals surface area (Å²) < 4.78 is 35.3. The summed E-state index contributed by atoms with van der Waals surface area (Å²) in [4.78, 5) is 11.8. The average molecular weight is 399 g/mol. The van der Waals surface area contributed by atoms with Crippen LogP contribution in [0.3, 0.4) is 0 Å². The fraction of sp³-hybridized carbons (Fsp3) is 0.188. The predicted molar refractivity (Wildman–Crippen MR) is 101 cm³/mol. The van der Waals surface area contributed by atoms with Gasteiger partial charge in [0, 0.05) is 11.6 Å². The van der Waals surface area contributed by atoms with E-state index in [1.807, 2.05) is 6.92 Å². The van der Waals surface area contributed by atoms with Gasteiger partial charge in [0.05, 0.1) is 23.0 Å². The average Bonchev–Trinajstić information content (AvgIpc) is 2.88. The van der Waals surface area contributed by atoms with Crippen molar-refractivity contribution in [2.24, 2.45) is 0 Å². The third kappa shape index (κ3) is 3.37. The maximum Gasteiger partial charge on any atom is 0.308 e. The summed E-state index contributed by atoms with van der Waals surface area (Å²) in [7, 11) is -2.51. The second kappa shape index (κ2) is 6.70. The Morgan fingerprint density at radius 3 is 2.68 bits per heavy atom. The van der Waals surface area contributed by atoms with Crippen molar-refractivity contribution in [2.75, 3.05) is 11.8 Å². The Morgan fingerprint density at radius 1 is 1.24 bits per heavy atom. The van der Waals surface area contributed by atoms with Crippen molar-refractivity contribution >= 4 is 48.9 Å². The van der Waals surface area contributed by atoms with Gasteiger partial charge in [-0.25, -0.2) is 8.42 Å². The molecule has 3 aromatic rings. The lowest BCUT2D eigenvalue weighted by Crippen LogP contribution is -2.14. The lowest BCUT2D eigenvalue weighted by atomic mass is 10.3. The lowest BCUT2D eigenvalue weighted by Gasteiger charge is -2.12. The standard InChI is InChI=1S/C16H15ClN2O4S2/c1-3-19-12-6-5-11(9-14(12)24-16(19)20)18-25(21,22)15-8-10(17)4-7-13(15)23-2/h4-9,18H,3H2,1-2H3. The molecule has 9 heteroatoms. The van der Waals surface area contributed by atoms with Gasteiger partial charge in [-0.1, -0.05) is 22.9 Å². The second-order valence-electron chi connectivity index (χ2n) is 5.20. The molecule has 2 aromatic carbocycles. The molecule has 0 saturated heterocycles. The molecule has 1 heterocycles. The smallest absolute Gasteiger partial charge is 0.308 e. The third-order valence-corrected chi connectivity index (χ3v) is 6.23. The van der Waals surface area contributed by atoms with Crippen LogP contribution in [0.25, 0.3) is 10.2 Å². The van der Waals surface area contributed by atoms with E-state index in [1.165, 1.54) is 19.2 Å². The molecule has 6 nitrogen and oxygen atoms in total. The van der Waals surface area contributed by atoms with Gasteiger partial charge in [-0.15, -0.1) is 0 Å². The van der Waals surface area contributed by atoms with Gasteiger partial charge in [0.15, 0.2) is 0 Å². The van der Waals surface area contributed by atoms with Crippen LogP contribution in [-0.2, 0) is 16.6 Å². The minimum atomic E-state index is -3.90. The summed E-state index contributed by atoms with van der Waals surface area (Å²) in [6.45, 7) is 2.44. The molecule has 1 aromatic heterocycles. The van der Waals surface area contributed by atoms with E-state index in [-0.39, 0.29) is 20.5 Å². The highest BCUT2D eigenvalue weighted by atomic mass is 35.5. The molecule has 0 fully saturated rings. The molecule has 0 amide bonds. The molecule has 3 rings (SSSR count). The molecule has 0 saturated carbocycles. The number of aromatic nitrogens is 1. The SMILES string of the molecule is CCn1c(=O)sc2cc(NS(=O)(=O)c3cc(Cl)ccc3OC)ccc21. The van der Waals surface area contributed by atoms with E-state index in [2.05, 4.69) is 4.72 Å². The number of benzene rings is 2. The maximum atomic E-state index is 12.7. The fourth-order valence-electron chi connectivity index (χ4n) is 2.50. The molecule has 0 radical (unpaired) electrons. The van der Waals surface area contributed by atoms with Gasteiger partial charge in [0.1, 0.15) is 10.6 Å². The summed E-state index contributed by atoms with van der Waals surface area (Å²) in [6, 6.07) is 9.36. The Kier molecular flexibility index (Phi) is 4.77. The van der Waals surface area contributed by atoms with E-state index in [9.17, 15) is 13.2 Å². The highest BCUT2D eigenvalue weighted by Gasteiger charge is 2.20. The second-order valence-corrected chi connectivity index (χ2v) is 8.28. The van der Waals surface area contributed by atoms with Crippen LogP contribution >= 0.6 is 22.9 Å². The van der Waals surface area contributed by atoms with Crippen molar-refractivity contribution in [3.05, 3.63) is 51.1 Å². The Bertz CT molecular complexity index is 1100. The molecule has 0 aliphatic heterocycles. The largest absolute Gasteiger partial charge is 0.495 e. The first-order chi connectivity index (χ1) is 11.9. The summed E-state index contributed by atoms with van der Waals surface area (Å²) in [6.07, 6.45) is 0. The van der Waals surface area contributed by atoms with E-state index in [0.717, 1.165) is 16.9 Å². The van der Waals surface area contributed by atoms with E-state index < -0.39 is 10.0 Å². The molecule has 0 bridgehead atoms. The fourth-order valence-corrected chi connectivity index (χ4v) is 4.98. The Labute approximate surface area is 153 Å². The monoisotopic (exact) mass is 398 g/mol. The quantitative estimate of drug-likeness (QED) is 0.713. The molecule has 0 aliphatic carbocycles. The van der Waals surface area contributed by atoms with Crippen molar-refractivity contribution < 1.29 is 13.2 Å². The number of aryl methyl sites for hydroxylation is 1. The maximum absolute atomic E-state index is 12.7. The molecular weight excluding hydrogens is 384 g/mol. The molecule has 0 aliphatic rings. The number of rotatable bonds is 5. The van der Waals surface area contributed by atoms with Gasteiger partial charge < -0.3 is 4.74 Å². The first kappa shape index (κ1) is 17.8. The topological polar surface area (TPSA) is 77.4 Å². The highest BCUT2D eigenvalue weighted by Crippen LogP contribution is 2.30. The number of fused-ring (bicyclic) bond motifs is 1. The number of nitrogens with one attached hydrogen (secondary N) is 1. The van der Waals surface area contributed by atoms with Crippen LogP contribution in [0.2, 0.25) is 5.02 Å². The number of anilines is 1. The molecule has 1 N–H and O–H groups in total. The van der Waals surface area contributed by atoms with E-state index in [4.69, 9.17) is 16.3 Å². The first-order valence-electron chi connectivity index (χ1n) is 7.35. The number of hydrogen-bond acceptors (Lipinski definition) is 5. The van der Waals surface area contributed by atoms with Gasteiger partial charge in [-0.2, -0.15) is 0 Å². The number of hydrogen-bond donors (Lipinski definition) is 1. The van der Waals surface area contributed by atoms with Crippen molar-refractivity contribution in [2.45, 2.75) is 18.4 Å². The third-order valence-electron chi connectivity index (χ3n) is 3.65. The summed E-state index contributed by atoms with van der Waals surface area (Å²) in [5.41, 5.74) is 1.14. The molecule has 0 atom stereocenters. The highest BCUT2D eigenvalue weighted by molar-refractivity contribution is 7.92. The molecular formula is C16H15ClN2O4S2. The molecule has 0 spiro atoms. The first-order valence-corrected chi connectivity index (χ1v) is 10.0. The van der Waals surface area contributed by atoms with Crippen LogP contribution in [0.15, 0.2) is 46.1 Å². The van der Waals surface area contributed by atoms with Crippen LogP contribution in [0.4, 0.5) is 5.69 Å². The number of methoxy groups -OCH3 is 1. The van der Waals surface area contributed by atoms with Crippen LogP contribution in [0, 0.1) is 0 Å². The molecule has 0 unspecified atom stereocenters. The van der Waals surface area contributed by atoms with Crippen LogP contribution in [0.5, 0.6) is 5.75 Å². The molecule has 25 heavy (non-hydrogen) atoms. The number of thiazole rings is 1. The van der Waals surface area contributed by atoms with Crippen LogP contribution < -0.4 is 14.3 Å². The zero-order valence-corrected chi connectivity index (χ0v) is 15.8. The Hall–Kier alpha value is -2.03. The van der Waals surface area contributed by atoms with Crippen LogP contribution in [0.1, 0.15) is 6.92 Å². The van der Waals surface area contributed by atoms with Crippen molar-refractivity contribution in [1.29, 1.82) is 0 Å². The van der Waals surface area contributed by atoms with E-state index in [0.29, 0.717) is 16.9 Å². The predicted octanol–water partition coefficient (Wildman–Crippen LogP) is 3.55. The zero-order chi connectivity index (χ0) is 18.2. The normalized spacial score (nSPS) is 11.6. The summed E-state index contributed by atoms with van der Waals surface area (Å²) in [5.74, 6) is 0.194. The van der Waals surface area contributed by atoms with Gasteiger partial charge in [-0.05, 0) is 43.3 Å². The van der Waals surface area contributed by atoms with Gasteiger partial charge in [0.25, 0.3) is 10.0 Å². The van der Waals surface area contributed by atoms with Crippen molar-refractivity contribution in [1.82, 2.24) is 4.57 Å². The summed E-state index contributed by atoms with van der Waals surface area (Å²) in [5, 5.41) is 0.287. The van der Waals surface area contributed by atoms with Crippen molar-refractivity contribution in [3.63, 3.8) is 0 Å². The lowest BCUT2D eigenvalue weighted by molar-refractivity contribution is 0.403. The number of ether oxygens (including phenoxy) is 1. The Balaban J connectivity index is 2.03. The van der Waals surface area contributed by atoms with Gasteiger partial charge >= 0.3 is 4.87 Å². The molecule has 132 valence electrons. The number of nitrogens with zero attached hydrogens (tertiary/aromatic N) is 1. The minimum absolute atomic E-state index is 0.0538. The zero-order valence-electron chi connectivity index (χ0n) is 13.4. The van der Waals surface area contributed by atoms with E-state index >= 15 is 0 Å². The minimum Gasteiger partial charge on any atom is -0.495 e. The number of halogens is 1. The van der Waals surface area contributed by atoms with Gasteiger partial charge in [-0.3, -0.25) is 14.1 Å². The summed E-state index contributed by atoms with van der Waals surface area (Å²) >= 11 is 6.99. The number of sulfonamides is 1. The van der Waals surface area contributed by atoms with E-state index in [1.54, 1.807) is 28.8 Å². The van der Waals surface area contributed by atoms with Crippen molar-refractivity contribution in [3.8, 4) is 5.75 Å².